The molecule has 0 spiro atoms. The van der Waals surface area contributed by atoms with Gasteiger partial charge in [-0.3, -0.25) is 4.79 Å². The molecule has 1 saturated heterocycles. The molecule has 1 atom stereocenters. The number of benzene rings is 2. The molecule has 0 saturated carbocycles. The van der Waals surface area contributed by atoms with E-state index in [4.69, 9.17) is 5.26 Å². The van der Waals surface area contributed by atoms with Crippen molar-refractivity contribution in [2.75, 3.05) is 24.5 Å². The molecule has 4 rings (SSSR count). The third kappa shape index (κ3) is 4.05. The van der Waals surface area contributed by atoms with Gasteiger partial charge in [0.1, 0.15) is 11.9 Å². The molecule has 0 aromatic heterocycles. The number of carbonyl (C=O) groups is 1. The van der Waals surface area contributed by atoms with Crippen LogP contribution in [0.3, 0.4) is 0 Å². The Balaban J connectivity index is 1.68. The van der Waals surface area contributed by atoms with Gasteiger partial charge in [-0.2, -0.15) is 5.26 Å². The number of hydrogen-bond donors (Lipinski definition) is 2. The first-order chi connectivity index (χ1) is 14.2. The Kier molecular flexibility index (Phi) is 5.41. The van der Waals surface area contributed by atoms with Crippen LogP contribution in [0.25, 0.3) is 5.70 Å². The zero-order valence-electron chi connectivity index (χ0n) is 15.9. The van der Waals surface area contributed by atoms with Crippen molar-refractivity contribution in [2.24, 2.45) is 0 Å². The summed E-state index contributed by atoms with van der Waals surface area (Å²) in [4.78, 5) is 14.8. The molecule has 1 unspecified atom stereocenters. The van der Waals surface area contributed by atoms with Crippen molar-refractivity contribution in [3.63, 3.8) is 0 Å². The second-order valence-electron chi connectivity index (χ2n) is 7.10. The summed E-state index contributed by atoms with van der Waals surface area (Å²) in [6.07, 6.45) is 4.58. The van der Waals surface area contributed by atoms with E-state index < -0.39 is 5.82 Å². The second-order valence-corrected chi connectivity index (χ2v) is 7.10. The van der Waals surface area contributed by atoms with Gasteiger partial charge in [-0.25, -0.2) is 4.39 Å². The third-order valence-corrected chi connectivity index (χ3v) is 5.19. The molecule has 2 heterocycles. The van der Waals surface area contributed by atoms with Gasteiger partial charge in [-0.1, -0.05) is 30.3 Å². The van der Waals surface area contributed by atoms with Crippen molar-refractivity contribution in [1.29, 1.82) is 5.26 Å². The Morgan fingerprint density at radius 1 is 1.24 bits per heavy atom. The Labute approximate surface area is 169 Å². The molecule has 0 radical (unpaired) electrons. The van der Waals surface area contributed by atoms with Crippen molar-refractivity contribution in [3.05, 3.63) is 83.2 Å². The zero-order valence-corrected chi connectivity index (χ0v) is 15.9. The van der Waals surface area contributed by atoms with Crippen LogP contribution < -0.4 is 15.5 Å². The molecule has 2 aliphatic heterocycles. The summed E-state index contributed by atoms with van der Waals surface area (Å²) in [5.41, 5.74) is 2.84. The van der Waals surface area contributed by atoms with Crippen LogP contribution in [0, 0.1) is 17.1 Å². The van der Waals surface area contributed by atoms with Crippen LogP contribution in [-0.2, 0) is 4.79 Å². The fourth-order valence-corrected chi connectivity index (χ4v) is 3.63. The predicted octanol–water partition coefficient (Wildman–Crippen LogP) is 2.96. The smallest absolute Gasteiger partial charge is 0.251 e. The Morgan fingerprint density at radius 2 is 2.07 bits per heavy atom. The number of nitrogens with one attached hydrogen (secondary N) is 2. The summed E-state index contributed by atoms with van der Waals surface area (Å²) in [5.74, 6) is -0.700. The lowest BCUT2D eigenvalue weighted by Crippen LogP contribution is -2.38. The second kappa shape index (κ2) is 8.29. The molecule has 2 aromatic carbocycles. The molecule has 1 amide bonds. The number of halogens is 1. The highest BCUT2D eigenvalue weighted by molar-refractivity contribution is 6.00. The van der Waals surface area contributed by atoms with Gasteiger partial charge in [0.2, 0.25) is 0 Å². The molecule has 29 heavy (non-hydrogen) atoms. The molecule has 5 nitrogen and oxygen atoms in total. The Morgan fingerprint density at radius 3 is 2.76 bits per heavy atom. The standard InChI is InChI=1S/C23H21FN4O/c24-21-12-16(6-7-18(21)14-25)22-13-17(23(29)27-19-8-10-26-15-19)9-11-28(22)20-4-2-1-3-5-20/h1-7,9,12-13,19,26H,8,10-11,15H2,(H,27,29). The topological polar surface area (TPSA) is 68.2 Å². The van der Waals surface area contributed by atoms with Gasteiger partial charge in [-0.15, -0.1) is 0 Å². The van der Waals surface area contributed by atoms with E-state index in [0.29, 0.717) is 17.7 Å². The third-order valence-electron chi connectivity index (χ3n) is 5.19. The van der Waals surface area contributed by atoms with Gasteiger partial charge in [0.25, 0.3) is 5.91 Å². The van der Waals surface area contributed by atoms with E-state index >= 15 is 0 Å². The monoisotopic (exact) mass is 388 g/mol. The van der Waals surface area contributed by atoms with Crippen LogP contribution in [0.1, 0.15) is 17.5 Å². The SMILES string of the molecule is N#Cc1ccc(C2=CC(C(=O)NC3CCNC3)=CCN2c2ccccc2)cc1F. The van der Waals surface area contributed by atoms with Gasteiger partial charge >= 0.3 is 0 Å². The van der Waals surface area contributed by atoms with Crippen LogP contribution >= 0.6 is 0 Å². The van der Waals surface area contributed by atoms with E-state index in [1.54, 1.807) is 12.1 Å². The lowest BCUT2D eigenvalue weighted by atomic mass is 10.0. The summed E-state index contributed by atoms with van der Waals surface area (Å²) in [7, 11) is 0. The van der Waals surface area contributed by atoms with E-state index in [-0.39, 0.29) is 17.5 Å². The van der Waals surface area contributed by atoms with Crippen LogP contribution in [-0.4, -0.2) is 31.6 Å². The highest BCUT2D eigenvalue weighted by Gasteiger charge is 2.23. The average molecular weight is 388 g/mol. The maximum absolute atomic E-state index is 14.3. The van der Waals surface area contributed by atoms with Crippen LogP contribution in [0.5, 0.6) is 0 Å². The molecular formula is C23H21FN4O. The molecule has 0 aliphatic carbocycles. The molecule has 146 valence electrons. The fraction of sp³-hybridized carbons (Fsp3) is 0.217. The zero-order chi connectivity index (χ0) is 20.2. The van der Waals surface area contributed by atoms with E-state index in [1.165, 1.54) is 12.1 Å². The minimum Gasteiger partial charge on any atom is -0.348 e. The summed E-state index contributed by atoms with van der Waals surface area (Å²) in [6.45, 7) is 2.16. The van der Waals surface area contributed by atoms with Gasteiger partial charge in [0.15, 0.2) is 0 Å². The van der Waals surface area contributed by atoms with Gasteiger partial charge in [0.05, 0.1) is 5.56 Å². The van der Waals surface area contributed by atoms with Gasteiger partial charge in [0, 0.05) is 41.7 Å². The largest absolute Gasteiger partial charge is 0.348 e. The predicted molar refractivity (Wildman–Crippen MR) is 110 cm³/mol. The number of hydrogen-bond acceptors (Lipinski definition) is 4. The van der Waals surface area contributed by atoms with Crippen molar-refractivity contribution >= 4 is 17.3 Å². The Bertz CT molecular complexity index is 1020. The molecule has 2 aromatic rings. The van der Waals surface area contributed by atoms with E-state index in [9.17, 15) is 9.18 Å². The van der Waals surface area contributed by atoms with Crippen molar-refractivity contribution in [2.45, 2.75) is 12.5 Å². The lowest BCUT2D eigenvalue weighted by molar-refractivity contribution is -0.117. The maximum atomic E-state index is 14.3. The average Bonchev–Trinajstić information content (AvgIpc) is 3.27. The molecule has 6 heteroatoms. The highest BCUT2D eigenvalue weighted by atomic mass is 19.1. The Hall–Kier alpha value is -3.43. The molecule has 2 aliphatic rings. The van der Waals surface area contributed by atoms with Crippen molar-refractivity contribution in [1.82, 2.24) is 10.6 Å². The van der Waals surface area contributed by atoms with E-state index in [1.807, 2.05) is 47.4 Å². The number of amides is 1. The van der Waals surface area contributed by atoms with E-state index in [2.05, 4.69) is 10.6 Å². The molecular weight excluding hydrogens is 367 g/mol. The summed E-state index contributed by atoms with van der Waals surface area (Å²) < 4.78 is 14.3. The fourth-order valence-electron chi connectivity index (χ4n) is 3.63. The van der Waals surface area contributed by atoms with Gasteiger partial charge in [-0.05, 0) is 43.3 Å². The number of rotatable bonds is 4. The summed E-state index contributed by atoms with van der Waals surface area (Å²) >= 11 is 0. The first kappa shape index (κ1) is 18.9. The van der Waals surface area contributed by atoms with Crippen LogP contribution in [0.2, 0.25) is 0 Å². The highest BCUT2D eigenvalue weighted by Crippen LogP contribution is 2.31. The lowest BCUT2D eigenvalue weighted by Gasteiger charge is -2.30. The minimum absolute atomic E-state index is 0.00124. The minimum atomic E-state index is -0.573. The number of carbonyl (C=O) groups excluding carboxylic acids is 1. The first-order valence-corrected chi connectivity index (χ1v) is 9.62. The molecule has 1 fully saturated rings. The quantitative estimate of drug-likeness (QED) is 0.845. The van der Waals surface area contributed by atoms with Crippen molar-refractivity contribution < 1.29 is 9.18 Å². The first-order valence-electron chi connectivity index (χ1n) is 9.62. The van der Waals surface area contributed by atoms with Crippen LogP contribution in [0.4, 0.5) is 10.1 Å². The normalized spacial score (nSPS) is 18.6. The number of nitrogens with zero attached hydrogens (tertiary/aromatic N) is 2. The maximum Gasteiger partial charge on any atom is 0.251 e. The van der Waals surface area contributed by atoms with Gasteiger partial charge < -0.3 is 15.5 Å². The summed E-state index contributed by atoms with van der Waals surface area (Å²) in [5, 5.41) is 15.3. The number of nitriles is 1. The molecule has 2 N–H and O–H groups in total. The van der Waals surface area contributed by atoms with Crippen molar-refractivity contribution in [3.8, 4) is 6.07 Å². The number of anilines is 1. The summed E-state index contributed by atoms with van der Waals surface area (Å²) in [6, 6.07) is 16.2. The van der Waals surface area contributed by atoms with Crippen LogP contribution in [0.15, 0.2) is 66.3 Å². The number of para-hydroxylation sites is 1. The van der Waals surface area contributed by atoms with E-state index in [0.717, 1.165) is 30.9 Å². The molecule has 0 bridgehead atoms.